The van der Waals surface area contributed by atoms with Crippen LogP contribution < -0.4 is 15.2 Å². The van der Waals surface area contributed by atoms with Gasteiger partial charge in [0.05, 0.1) is 12.7 Å². The Morgan fingerprint density at radius 2 is 1.80 bits per heavy atom. The van der Waals surface area contributed by atoms with E-state index in [1.165, 1.54) is 12.8 Å². The van der Waals surface area contributed by atoms with Gasteiger partial charge in [-0.25, -0.2) is 0 Å². The summed E-state index contributed by atoms with van der Waals surface area (Å²) in [5.74, 6) is 1.64. The fourth-order valence-electron chi connectivity index (χ4n) is 2.65. The second-order valence-corrected chi connectivity index (χ2v) is 6.57. The van der Waals surface area contributed by atoms with E-state index in [0.717, 1.165) is 30.8 Å². The number of nitrogen functional groups attached to an aromatic ring is 1. The molecule has 1 fully saturated rings. The minimum Gasteiger partial charge on any atom is -0.493 e. The highest BCUT2D eigenvalue weighted by Gasteiger charge is 2.27. The number of rotatable bonds is 5. The summed E-state index contributed by atoms with van der Waals surface area (Å²) in [7, 11) is 0. The molecule has 2 rings (SSSR count). The second kappa shape index (κ2) is 6.38. The SMILES string of the molecule is CCCOc1cc(N)cc(OC2CCC(C)(C)CC2)c1. The van der Waals surface area contributed by atoms with Gasteiger partial charge in [0.1, 0.15) is 11.5 Å². The van der Waals surface area contributed by atoms with Crippen molar-refractivity contribution in [3.63, 3.8) is 0 Å². The van der Waals surface area contributed by atoms with Gasteiger partial charge in [-0.3, -0.25) is 0 Å². The first-order chi connectivity index (χ1) is 9.48. The zero-order valence-electron chi connectivity index (χ0n) is 12.9. The van der Waals surface area contributed by atoms with E-state index in [0.29, 0.717) is 23.8 Å². The minimum atomic E-state index is 0.309. The Kier molecular flexibility index (Phi) is 4.79. The van der Waals surface area contributed by atoms with Crippen molar-refractivity contribution in [2.75, 3.05) is 12.3 Å². The molecule has 1 aromatic carbocycles. The van der Waals surface area contributed by atoms with Crippen LogP contribution in [0.15, 0.2) is 18.2 Å². The molecular weight excluding hydrogens is 250 g/mol. The van der Waals surface area contributed by atoms with Crippen LogP contribution in [0, 0.1) is 5.41 Å². The lowest BCUT2D eigenvalue weighted by Crippen LogP contribution is -2.28. The molecule has 1 aromatic rings. The molecule has 0 saturated heterocycles. The minimum absolute atomic E-state index is 0.309. The average Bonchev–Trinajstić information content (AvgIpc) is 2.38. The molecule has 0 heterocycles. The molecule has 3 heteroatoms. The van der Waals surface area contributed by atoms with Crippen molar-refractivity contribution < 1.29 is 9.47 Å². The van der Waals surface area contributed by atoms with Crippen LogP contribution in [0.25, 0.3) is 0 Å². The van der Waals surface area contributed by atoms with Gasteiger partial charge in [0.2, 0.25) is 0 Å². The molecule has 0 aromatic heterocycles. The van der Waals surface area contributed by atoms with Crippen molar-refractivity contribution in [1.29, 1.82) is 0 Å². The molecule has 3 nitrogen and oxygen atoms in total. The highest BCUT2D eigenvalue weighted by Crippen LogP contribution is 2.37. The lowest BCUT2D eigenvalue weighted by Gasteiger charge is -2.34. The molecule has 0 unspecified atom stereocenters. The number of benzene rings is 1. The maximum Gasteiger partial charge on any atom is 0.125 e. The summed E-state index contributed by atoms with van der Waals surface area (Å²) in [5.41, 5.74) is 7.08. The largest absolute Gasteiger partial charge is 0.493 e. The maximum absolute atomic E-state index is 6.09. The standard InChI is InChI=1S/C17H27NO2/c1-4-9-19-15-10-13(18)11-16(12-15)20-14-5-7-17(2,3)8-6-14/h10-12,14H,4-9,18H2,1-3H3. The van der Waals surface area contributed by atoms with Crippen LogP contribution in [0.1, 0.15) is 52.9 Å². The van der Waals surface area contributed by atoms with E-state index in [1.54, 1.807) is 0 Å². The molecule has 2 N–H and O–H groups in total. The highest BCUT2D eigenvalue weighted by atomic mass is 16.5. The zero-order valence-corrected chi connectivity index (χ0v) is 12.9. The molecule has 0 radical (unpaired) electrons. The van der Waals surface area contributed by atoms with Crippen LogP contribution in [0.5, 0.6) is 11.5 Å². The van der Waals surface area contributed by atoms with Gasteiger partial charge in [0.15, 0.2) is 0 Å². The fourth-order valence-corrected chi connectivity index (χ4v) is 2.65. The quantitative estimate of drug-likeness (QED) is 0.811. The number of hydrogen-bond acceptors (Lipinski definition) is 3. The number of hydrogen-bond donors (Lipinski definition) is 1. The Morgan fingerprint density at radius 3 is 2.45 bits per heavy atom. The van der Waals surface area contributed by atoms with Gasteiger partial charge in [-0.05, 0) is 37.5 Å². The van der Waals surface area contributed by atoms with Gasteiger partial charge in [-0.1, -0.05) is 20.8 Å². The monoisotopic (exact) mass is 277 g/mol. The van der Waals surface area contributed by atoms with Gasteiger partial charge in [0.25, 0.3) is 0 Å². The average molecular weight is 277 g/mol. The molecule has 0 amide bonds. The van der Waals surface area contributed by atoms with E-state index in [1.807, 2.05) is 18.2 Å². The third-order valence-electron chi connectivity index (χ3n) is 3.96. The molecule has 1 aliphatic carbocycles. The number of anilines is 1. The molecule has 1 saturated carbocycles. The van der Waals surface area contributed by atoms with Crippen molar-refractivity contribution in [2.45, 2.75) is 59.0 Å². The van der Waals surface area contributed by atoms with E-state index in [-0.39, 0.29) is 0 Å². The van der Waals surface area contributed by atoms with Crippen LogP contribution in [-0.2, 0) is 0 Å². The summed E-state index contributed by atoms with van der Waals surface area (Å²) in [4.78, 5) is 0. The van der Waals surface area contributed by atoms with Crippen LogP contribution in [0.4, 0.5) is 5.69 Å². The van der Waals surface area contributed by atoms with E-state index < -0.39 is 0 Å². The summed E-state index contributed by atoms with van der Waals surface area (Å²) in [5, 5.41) is 0. The molecule has 0 spiro atoms. The lowest BCUT2D eigenvalue weighted by atomic mass is 9.76. The Bertz CT molecular complexity index is 433. The second-order valence-electron chi connectivity index (χ2n) is 6.57. The third kappa shape index (κ3) is 4.32. The first kappa shape index (κ1) is 15.0. The summed E-state index contributed by atoms with van der Waals surface area (Å²) >= 11 is 0. The van der Waals surface area contributed by atoms with Crippen LogP contribution in [0.3, 0.4) is 0 Å². The Labute approximate surface area is 122 Å². The summed E-state index contributed by atoms with van der Waals surface area (Å²) in [6.07, 6.45) is 5.98. The molecule has 0 aliphatic heterocycles. The molecule has 112 valence electrons. The van der Waals surface area contributed by atoms with Gasteiger partial charge < -0.3 is 15.2 Å². The van der Waals surface area contributed by atoms with Gasteiger partial charge >= 0.3 is 0 Å². The van der Waals surface area contributed by atoms with E-state index in [9.17, 15) is 0 Å². The Balaban J connectivity index is 1.97. The Hall–Kier alpha value is -1.38. The summed E-state index contributed by atoms with van der Waals surface area (Å²) < 4.78 is 11.7. The maximum atomic E-state index is 6.09. The van der Waals surface area contributed by atoms with Gasteiger partial charge in [-0.15, -0.1) is 0 Å². The normalized spacial score (nSPS) is 18.8. The predicted molar refractivity (Wildman–Crippen MR) is 83.3 cm³/mol. The Morgan fingerprint density at radius 1 is 1.15 bits per heavy atom. The molecule has 20 heavy (non-hydrogen) atoms. The van der Waals surface area contributed by atoms with Gasteiger partial charge in [0, 0.05) is 23.9 Å². The van der Waals surface area contributed by atoms with Gasteiger partial charge in [-0.2, -0.15) is 0 Å². The smallest absolute Gasteiger partial charge is 0.125 e. The third-order valence-corrected chi connectivity index (χ3v) is 3.96. The first-order valence-electron chi connectivity index (χ1n) is 7.68. The predicted octanol–water partition coefficient (Wildman–Crippen LogP) is 4.41. The topological polar surface area (TPSA) is 44.5 Å². The first-order valence-corrected chi connectivity index (χ1v) is 7.68. The number of ether oxygens (including phenoxy) is 2. The summed E-state index contributed by atoms with van der Waals surface area (Å²) in [6, 6.07) is 5.69. The molecular formula is C17H27NO2. The highest BCUT2D eigenvalue weighted by molar-refractivity contribution is 5.50. The van der Waals surface area contributed by atoms with Crippen molar-refractivity contribution in [3.8, 4) is 11.5 Å². The zero-order chi connectivity index (χ0) is 14.6. The fraction of sp³-hybridized carbons (Fsp3) is 0.647. The summed E-state index contributed by atoms with van der Waals surface area (Å²) in [6.45, 7) is 7.47. The molecule has 1 aliphatic rings. The number of nitrogens with two attached hydrogens (primary N) is 1. The van der Waals surface area contributed by atoms with Crippen molar-refractivity contribution in [3.05, 3.63) is 18.2 Å². The van der Waals surface area contributed by atoms with Crippen LogP contribution in [0.2, 0.25) is 0 Å². The van der Waals surface area contributed by atoms with Crippen LogP contribution in [-0.4, -0.2) is 12.7 Å². The lowest BCUT2D eigenvalue weighted by molar-refractivity contribution is 0.0985. The van der Waals surface area contributed by atoms with E-state index in [4.69, 9.17) is 15.2 Å². The molecule has 0 atom stereocenters. The van der Waals surface area contributed by atoms with Crippen molar-refractivity contribution in [1.82, 2.24) is 0 Å². The van der Waals surface area contributed by atoms with E-state index in [2.05, 4.69) is 20.8 Å². The van der Waals surface area contributed by atoms with Crippen molar-refractivity contribution >= 4 is 5.69 Å². The van der Waals surface area contributed by atoms with E-state index >= 15 is 0 Å². The van der Waals surface area contributed by atoms with Crippen molar-refractivity contribution in [2.24, 2.45) is 5.41 Å². The molecule has 0 bridgehead atoms. The van der Waals surface area contributed by atoms with Crippen LogP contribution >= 0.6 is 0 Å².